The molecule has 0 aliphatic heterocycles. The van der Waals surface area contributed by atoms with Gasteiger partial charge >= 0.3 is 0 Å². The van der Waals surface area contributed by atoms with Gasteiger partial charge in [0.25, 0.3) is 0 Å². The Labute approximate surface area is 71.4 Å². The second-order valence-electron chi connectivity index (χ2n) is 4.08. The maximum Gasteiger partial charge on any atom is -0.0238 e. The number of hydrogen-bond acceptors (Lipinski definition) is 0. The Hall–Kier alpha value is 0. The van der Waals surface area contributed by atoms with Crippen LogP contribution < -0.4 is 0 Å². The molecule has 0 aromatic carbocycles. The van der Waals surface area contributed by atoms with Gasteiger partial charge in [0.05, 0.1) is 0 Å². The van der Waals surface area contributed by atoms with E-state index in [1.807, 2.05) is 0 Å². The Bertz CT molecular complexity index is 103. The van der Waals surface area contributed by atoms with Crippen molar-refractivity contribution in [1.29, 1.82) is 0 Å². The molecule has 1 rings (SSSR count). The third-order valence-corrected chi connectivity index (χ3v) is 3.30. The van der Waals surface area contributed by atoms with E-state index < -0.39 is 0 Å². The van der Waals surface area contributed by atoms with Gasteiger partial charge in [0.15, 0.2) is 0 Å². The second kappa shape index (κ2) is 4.13. The van der Waals surface area contributed by atoms with Gasteiger partial charge in [-0.25, -0.2) is 0 Å². The fourth-order valence-electron chi connectivity index (χ4n) is 2.25. The van der Waals surface area contributed by atoms with Crippen LogP contribution in [0.5, 0.6) is 0 Å². The Morgan fingerprint density at radius 2 is 2.18 bits per heavy atom. The molecule has 0 aromatic rings. The maximum atomic E-state index is 2.40. The summed E-state index contributed by atoms with van der Waals surface area (Å²) in [5.74, 6) is 3.65. The van der Waals surface area contributed by atoms with Gasteiger partial charge in [0.2, 0.25) is 0 Å². The van der Waals surface area contributed by atoms with Crippen LogP contribution in [-0.4, -0.2) is 0 Å². The highest BCUT2D eigenvalue weighted by Crippen LogP contribution is 2.37. The third kappa shape index (κ3) is 2.21. The summed E-state index contributed by atoms with van der Waals surface area (Å²) in [6.07, 6.45) is 7.11. The smallest absolute Gasteiger partial charge is 0.0238 e. The second-order valence-corrected chi connectivity index (χ2v) is 4.08. The molecule has 1 aliphatic rings. The maximum absolute atomic E-state index is 2.40. The van der Waals surface area contributed by atoms with Crippen LogP contribution in [0, 0.1) is 17.8 Å². The zero-order valence-corrected chi connectivity index (χ0v) is 8.19. The lowest BCUT2D eigenvalue weighted by atomic mass is 9.73. The molecule has 0 heteroatoms. The summed E-state index contributed by atoms with van der Waals surface area (Å²) in [6, 6.07) is 0. The number of rotatable bonds is 2. The molecule has 0 bridgehead atoms. The quantitative estimate of drug-likeness (QED) is 0.566. The molecule has 0 nitrogen and oxygen atoms in total. The van der Waals surface area contributed by atoms with Crippen molar-refractivity contribution in [1.82, 2.24) is 0 Å². The zero-order valence-electron chi connectivity index (χ0n) is 8.19. The predicted molar refractivity (Wildman–Crippen MR) is 50.3 cm³/mol. The van der Waals surface area contributed by atoms with Crippen LogP contribution in [0.3, 0.4) is 0 Å². The monoisotopic (exact) mass is 153 g/mol. The summed E-state index contributed by atoms with van der Waals surface area (Å²) >= 11 is 0. The van der Waals surface area contributed by atoms with Gasteiger partial charge in [-0.3, -0.25) is 0 Å². The Morgan fingerprint density at radius 3 is 2.73 bits per heavy atom. The van der Waals surface area contributed by atoms with E-state index in [0.29, 0.717) is 0 Å². The van der Waals surface area contributed by atoms with Crippen molar-refractivity contribution in [3.05, 3.63) is 5.92 Å². The van der Waals surface area contributed by atoms with E-state index in [1.54, 1.807) is 5.92 Å². The predicted octanol–water partition coefficient (Wildman–Crippen LogP) is 3.82. The van der Waals surface area contributed by atoms with Crippen molar-refractivity contribution < 1.29 is 0 Å². The lowest BCUT2D eigenvalue weighted by Gasteiger charge is -2.32. The van der Waals surface area contributed by atoms with Crippen molar-refractivity contribution in [3.8, 4) is 0 Å². The van der Waals surface area contributed by atoms with Crippen molar-refractivity contribution >= 4 is 0 Å². The largest absolute Gasteiger partial charge is 0.0651 e. The molecule has 65 valence electrons. The third-order valence-electron chi connectivity index (χ3n) is 3.30. The molecule has 1 saturated carbocycles. The first kappa shape index (κ1) is 9.09. The molecule has 0 aromatic heterocycles. The fraction of sp³-hybridized carbons (Fsp3) is 0.909. The van der Waals surface area contributed by atoms with Gasteiger partial charge < -0.3 is 0 Å². The van der Waals surface area contributed by atoms with Gasteiger partial charge in [-0.2, -0.15) is 0 Å². The molecular weight excluding hydrogens is 132 g/mol. The minimum absolute atomic E-state index is 0.926. The minimum Gasteiger partial charge on any atom is -0.0651 e. The zero-order chi connectivity index (χ0) is 8.27. The Morgan fingerprint density at radius 1 is 1.45 bits per heavy atom. The van der Waals surface area contributed by atoms with Crippen LogP contribution in [0.4, 0.5) is 0 Å². The Balaban J connectivity index is 2.40. The molecular formula is C11H21. The van der Waals surface area contributed by atoms with Crippen LogP contribution in [0.2, 0.25) is 0 Å². The lowest BCUT2D eigenvalue weighted by molar-refractivity contribution is 0.288. The van der Waals surface area contributed by atoms with E-state index in [9.17, 15) is 0 Å². The summed E-state index contributed by atoms with van der Waals surface area (Å²) in [5.41, 5.74) is 0. The van der Waals surface area contributed by atoms with E-state index in [-0.39, 0.29) is 0 Å². The Kier molecular flexibility index (Phi) is 3.42. The van der Waals surface area contributed by atoms with Crippen LogP contribution in [-0.2, 0) is 0 Å². The molecule has 1 aliphatic carbocycles. The minimum atomic E-state index is 0.926. The van der Waals surface area contributed by atoms with Crippen molar-refractivity contribution in [2.75, 3.05) is 0 Å². The molecule has 11 heavy (non-hydrogen) atoms. The first-order chi connectivity index (χ1) is 5.25. The molecule has 0 spiro atoms. The van der Waals surface area contributed by atoms with Crippen LogP contribution >= 0.6 is 0 Å². The van der Waals surface area contributed by atoms with E-state index in [1.165, 1.54) is 32.1 Å². The normalized spacial score (nSPS) is 30.3. The highest BCUT2D eigenvalue weighted by molar-refractivity contribution is 4.96. The molecule has 1 radical (unpaired) electrons. The standard InChI is InChI=1S/C11H21/c1-4-9(2)11-8-6-5-7-10(11)3/h9,11H,4-8H2,1-3H3. The van der Waals surface area contributed by atoms with E-state index >= 15 is 0 Å². The highest BCUT2D eigenvalue weighted by Gasteiger charge is 2.25. The lowest BCUT2D eigenvalue weighted by Crippen LogP contribution is -2.21. The summed E-state index contributed by atoms with van der Waals surface area (Å²) in [7, 11) is 0. The highest BCUT2D eigenvalue weighted by atomic mass is 14.3. The van der Waals surface area contributed by atoms with Crippen LogP contribution in [0.25, 0.3) is 0 Å². The van der Waals surface area contributed by atoms with Gasteiger partial charge in [0.1, 0.15) is 0 Å². The van der Waals surface area contributed by atoms with Gasteiger partial charge in [-0.1, -0.05) is 40.0 Å². The molecule has 0 saturated heterocycles. The molecule has 0 heterocycles. The van der Waals surface area contributed by atoms with Gasteiger partial charge in [-0.15, -0.1) is 0 Å². The van der Waals surface area contributed by atoms with Crippen molar-refractivity contribution in [2.24, 2.45) is 11.8 Å². The topological polar surface area (TPSA) is 0 Å². The summed E-state index contributed by atoms with van der Waals surface area (Å²) in [4.78, 5) is 0. The average molecular weight is 153 g/mol. The molecule has 0 N–H and O–H groups in total. The fourth-order valence-corrected chi connectivity index (χ4v) is 2.25. The summed E-state index contributed by atoms with van der Waals surface area (Å²) < 4.78 is 0. The number of hydrogen-bond donors (Lipinski definition) is 0. The SMILES string of the molecule is CCC(C)C1CCCC[C]1C. The van der Waals surface area contributed by atoms with Gasteiger partial charge in [-0.05, 0) is 30.6 Å². The van der Waals surface area contributed by atoms with Gasteiger partial charge in [0, 0.05) is 0 Å². The molecule has 1 fully saturated rings. The van der Waals surface area contributed by atoms with Crippen LogP contribution in [0.1, 0.15) is 52.9 Å². The van der Waals surface area contributed by atoms with Crippen molar-refractivity contribution in [2.45, 2.75) is 52.9 Å². The van der Waals surface area contributed by atoms with E-state index in [0.717, 1.165) is 11.8 Å². The van der Waals surface area contributed by atoms with E-state index in [2.05, 4.69) is 20.8 Å². The first-order valence-electron chi connectivity index (χ1n) is 5.08. The summed E-state index contributed by atoms with van der Waals surface area (Å²) in [6.45, 7) is 7.07. The average Bonchev–Trinajstić information content (AvgIpc) is 2.04. The molecule has 0 amide bonds. The molecule has 2 unspecified atom stereocenters. The first-order valence-corrected chi connectivity index (χ1v) is 5.08. The molecule has 2 atom stereocenters. The van der Waals surface area contributed by atoms with Crippen molar-refractivity contribution in [3.63, 3.8) is 0 Å². The summed E-state index contributed by atoms with van der Waals surface area (Å²) in [5, 5.41) is 0. The van der Waals surface area contributed by atoms with Crippen LogP contribution in [0.15, 0.2) is 0 Å². The van der Waals surface area contributed by atoms with E-state index in [4.69, 9.17) is 0 Å².